The van der Waals surface area contributed by atoms with Crippen LogP contribution >= 0.6 is 0 Å². The van der Waals surface area contributed by atoms with Gasteiger partial charge in [-0.25, -0.2) is 4.79 Å². The predicted octanol–water partition coefficient (Wildman–Crippen LogP) is -0.305. The number of hydrogen-bond donors (Lipinski definition) is 2. The van der Waals surface area contributed by atoms with Crippen LogP contribution in [0.4, 0.5) is 0 Å². The third-order valence-corrected chi connectivity index (χ3v) is 0.839. The molecule has 62 valence electrons. The van der Waals surface area contributed by atoms with Crippen molar-refractivity contribution in [2.75, 3.05) is 6.61 Å². The van der Waals surface area contributed by atoms with Crippen LogP contribution in [0.3, 0.4) is 0 Å². The van der Waals surface area contributed by atoms with Crippen molar-refractivity contribution < 1.29 is 19.4 Å². The van der Waals surface area contributed by atoms with Crippen molar-refractivity contribution >= 4 is 12.4 Å². The van der Waals surface area contributed by atoms with E-state index in [1.807, 2.05) is 5.32 Å². The molecule has 0 aliphatic carbocycles. The fraction of sp³-hybridized carbons (Fsp3) is 0.333. The van der Waals surface area contributed by atoms with E-state index in [0.717, 1.165) is 0 Å². The van der Waals surface area contributed by atoms with Crippen LogP contribution in [0.1, 0.15) is 6.92 Å². The third kappa shape index (κ3) is 3.24. The molecule has 5 heteroatoms. The van der Waals surface area contributed by atoms with E-state index >= 15 is 0 Å². The van der Waals surface area contributed by atoms with Crippen molar-refractivity contribution in [1.29, 1.82) is 0 Å². The number of rotatable bonds is 4. The first-order chi connectivity index (χ1) is 5.26. The molecule has 0 aromatic carbocycles. The minimum Gasteiger partial charge on any atom is -0.513 e. The van der Waals surface area contributed by atoms with Gasteiger partial charge in [0.25, 0.3) is 0 Å². The summed E-state index contributed by atoms with van der Waals surface area (Å²) in [5.41, 5.74) is -0.276. The maximum Gasteiger partial charge on any atom is 0.358 e. The van der Waals surface area contributed by atoms with Gasteiger partial charge in [-0.15, -0.1) is 0 Å². The molecule has 0 saturated heterocycles. The Hall–Kier alpha value is -1.52. The van der Waals surface area contributed by atoms with Gasteiger partial charge in [-0.1, -0.05) is 0 Å². The van der Waals surface area contributed by atoms with Gasteiger partial charge in [-0.2, -0.15) is 0 Å². The molecule has 0 aromatic heterocycles. The number of esters is 1. The molecule has 0 fully saturated rings. The monoisotopic (exact) mass is 159 g/mol. The Labute approximate surface area is 63.7 Å². The van der Waals surface area contributed by atoms with E-state index in [1.54, 1.807) is 6.92 Å². The van der Waals surface area contributed by atoms with E-state index in [2.05, 4.69) is 4.74 Å². The van der Waals surface area contributed by atoms with Gasteiger partial charge in [0.05, 0.1) is 6.61 Å². The van der Waals surface area contributed by atoms with Crippen LogP contribution in [0.5, 0.6) is 0 Å². The Morgan fingerprint density at radius 1 is 1.73 bits per heavy atom. The normalized spacial score (nSPS) is 10.5. The number of carbonyl (C=O) groups is 2. The molecular formula is C6H9NO4. The van der Waals surface area contributed by atoms with Crippen LogP contribution in [0.25, 0.3) is 0 Å². The molecule has 0 spiro atoms. The second-order valence-corrected chi connectivity index (χ2v) is 1.53. The Kier molecular flexibility index (Phi) is 4.55. The van der Waals surface area contributed by atoms with E-state index in [-0.39, 0.29) is 18.7 Å². The first kappa shape index (κ1) is 9.48. The summed E-state index contributed by atoms with van der Waals surface area (Å²) in [5.74, 6) is -0.762. The Bertz CT molecular complexity index is 175. The summed E-state index contributed by atoms with van der Waals surface area (Å²) < 4.78 is 4.46. The molecule has 0 bridgehead atoms. The number of carbonyl (C=O) groups excluding carboxylic acids is 2. The molecule has 0 aromatic rings. The molecule has 0 saturated carbocycles. The minimum absolute atomic E-state index is 0.191. The lowest BCUT2D eigenvalue weighted by molar-refractivity contribution is -0.139. The summed E-state index contributed by atoms with van der Waals surface area (Å²) in [6, 6.07) is 0. The molecule has 0 aliphatic heterocycles. The molecule has 5 nitrogen and oxygen atoms in total. The topological polar surface area (TPSA) is 75.6 Å². The largest absolute Gasteiger partial charge is 0.513 e. The number of aliphatic hydroxyl groups is 1. The maximum atomic E-state index is 10.7. The predicted molar refractivity (Wildman–Crippen MR) is 36.5 cm³/mol. The minimum atomic E-state index is -0.762. The van der Waals surface area contributed by atoms with Crippen LogP contribution in [0.15, 0.2) is 12.0 Å². The first-order valence-electron chi connectivity index (χ1n) is 2.98. The van der Waals surface area contributed by atoms with Crippen LogP contribution < -0.4 is 5.32 Å². The maximum absolute atomic E-state index is 10.7. The average Bonchev–Trinajstić information content (AvgIpc) is 2.00. The van der Waals surface area contributed by atoms with Gasteiger partial charge in [0.1, 0.15) is 6.26 Å². The van der Waals surface area contributed by atoms with Gasteiger partial charge < -0.3 is 15.2 Å². The second kappa shape index (κ2) is 5.28. The average molecular weight is 159 g/mol. The zero-order valence-corrected chi connectivity index (χ0v) is 6.03. The van der Waals surface area contributed by atoms with Gasteiger partial charge in [-0.05, 0) is 6.92 Å². The summed E-state index contributed by atoms with van der Waals surface area (Å²) in [6.07, 6.45) is 0.755. The molecule has 2 N–H and O–H groups in total. The van der Waals surface area contributed by atoms with Gasteiger partial charge in [0, 0.05) is 0 Å². The molecule has 0 rings (SSSR count). The number of ether oxygens (including phenoxy) is 1. The Balaban J connectivity index is 4.04. The molecule has 1 amide bonds. The first-order valence-corrected chi connectivity index (χ1v) is 2.98. The van der Waals surface area contributed by atoms with Crippen LogP contribution in [-0.4, -0.2) is 24.1 Å². The fourth-order valence-electron chi connectivity index (χ4n) is 0.421. The van der Waals surface area contributed by atoms with Gasteiger partial charge >= 0.3 is 5.97 Å². The lowest BCUT2D eigenvalue weighted by Crippen LogP contribution is -2.20. The number of aliphatic hydroxyl groups excluding tert-OH is 1. The highest BCUT2D eigenvalue weighted by atomic mass is 16.5. The summed E-state index contributed by atoms with van der Waals surface area (Å²) in [5, 5.41) is 10.3. The Morgan fingerprint density at radius 2 is 2.36 bits per heavy atom. The zero-order chi connectivity index (χ0) is 8.69. The fourth-order valence-corrected chi connectivity index (χ4v) is 0.421. The van der Waals surface area contributed by atoms with Crippen molar-refractivity contribution in [3.05, 3.63) is 12.0 Å². The van der Waals surface area contributed by atoms with Crippen molar-refractivity contribution in [2.24, 2.45) is 0 Å². The molecule has 0 atom stereocenters. The van der Waals surface area contributed by atoms with Crippen molar-refractivity contribution in [3.8, 4) is 0 Å². The van der Waals surface area contributed by atoms with E-state index in [1.165, 1.54) is 0 Å². The lowest BCUT2D eigenvalue weighted by atomic mass is 10.5. The van der Waals surface area contributed by atoms with Crippen LogP contribution in [-0.2, 0) is 14.3 Å². The quantitative estimate of drug-likeness (QED) is 0.255. The highest BCUT2D eigenvalue weighted by Gasteiger charge is 2.08. The third-order valence-electron chi connectivity index (χ3n) is 0.839. The van der Waals surface area contributed by atoms with Crippen LogP contribution in [0, 0.1) is 0 Å². The van der Waals surface area contributed by atoms with Crippen molar-refractivity contribution in [3.63, 3.8) is 0 Å². The van der Waals surface area contributed by atoms with E-state index in [0.29, 0.717) is 6.26 Å². The van der Waals surface area contributed by atoms with Crippen LogP contribution in [0.2, 0.25) is 0 Å². The highest BCUT2D eigenvalue weighted by Crippen LogP contribution is 1.90. The standard InChI is InChI=1S/C6H9NO4/c1-2-11-6(10)5(3-8)7-4-9/h3-4,8H,2H2,1H3,(H,7,9). The highest BCUT2D eigenvalue weighted by molar-refractivity contribution is 5.89. The molecular weight excluding hydrogens is 150 g/mol. The lowest BCUT2D eigenvalue weighted by Gasteiger charge is -2.01. The van der Waals surface area contributed by atoms with E-state index in [9.17, 15) is 9.59 Å². The van der Waals surface area contributed by atoms with Gasteiger partial charge in [0.2, 0.25) is 6.41 Å². The van der Waals surface area contributed by atoms with E-state index in [4.69, 9.17) is 5.11 Å². The summed E-state index contributed by atoms with van der Waals surface area (Å²) in [6.45, 7) is 1.81. The number of amides is 1. The van der Waals surface area contributed by atoms with E-state index < -0.39 is 5.97 Å². The van der Waals surface area contributed by atoms with Crippen molar-refractivity contribution in [1.82, 2.24) is 5.32 Å². The van der Waals surface area contributed by atoms with Gasteiger partial charge in [0.15, 0.2) is 5.70 Å². The van der Waals surface area contributed by atoms with Gasteiger partial charge in [-0.3, -0.25) is 4.79 Å². The van der Waals surface area contributed by atoms with Crippen molar-refractivity contribution in [2.45, 2.75) is 6.92 Å². The summed E-state index contributed by atoms with van der Waals surface area (Å²) in [4.78, 5) is 20.5. The summed E-state index contributed by atoms with van der Waals surface area (Å²) >= 11 is 0. The molecule has 0 heterocycles. The number of hydrogen-bond acceptors (Lipinski definition) is 4. The molecule has 11 heavy (non-hydrogen) atoms. The summed E-state index contributed by atoms with van der Waals surface area (Å²) in [7, 11) is 0. The molecule has 0 radical (unpaired) electrons. The smallest absolute Gasteiger partial charge is 0.358 e. The SMILES string of the molecule is CCOC(=O)C(=CO)NC=O. The molecule has 0 unspecified atom stereocenters. The molecule has 0 aliphatic rings. The second-order valence-electron chi connectivity index (χ2n) is 1.53. The number of nitrogens with one attached hydrogen (secondary N) is 1. The Morgan fingerprint density at radius 3 is 2.73 bits per heavy atom. The zero-order valence-electron chi connectivity index (χ0n) is 6.03.